The van der Waals surface area contributed by atoms with Crippen molar-refractivity contribution < 1.29 is 19.1 Å². The molecule has 0 aromatic carbocycles. The Bertz CT molecular complexity index is 804. The first kappa shape index (κ1) is 24.1. The van der Waals surface area contributed by atoms with Gasteiger partial charge in [0.1, 0.15) is 6.17 Å². The number of rotatable bonds is 10. The second-order valence-corrected chi connectivity index (χ2v) is 8.71. The number of carboxylic acids is 1. The molecule has 1 aliphatic rings. The van der Waals surface area contributed by atoms with Crippen LogP contribution in [0.4, 0.5) is 9.18 Å². The molecule has 168 valence electrons. The average Bonchev–Trinajstić information content (AvgIpc) is 3.07. The number of alkyl halides is 1. The lowest BCUT2D eigenvalue weighted by Gasteiger charge is -2.23. The standard InChI is InChI=1S/C19H30FN5O4S/c1-13(2)12-30-25(19(29)21-7-4-18(27)28)24-17(26)10-14(3)16(22-24)6-9-23-8-5-15(20)11-23/h10,13,15H,4-9,11-12H2,1-3H3,(H,21,29)(H,27,28). The third kappa shape index (κ3) is 7.28. The monoisotopic (exact) mass is 443 g/mol. The molecule has 1 aliphatic heterocycles. The lowest BCUT2D eigenvalue weighted by Crippen LogP contribution is -2.49. The van der Waals surface area contributed by atoms with Crippen LogP contribution in [-0.4, -0.2) is 70.0 Å². The molecule has 0 bridgehead atoms. The Morgan fingerprint density at radius 1 is 1.47 bits per heavy atom. The number of aromatic nitrogens is 2. The van der Waals surface area contributed by atoms with E-state index in [1.807, 2.05) is 18.7 Å². The third-order valence-corrected chi connectivity index (χ3v) is 5.96. The molecule has 1 saturated heterocycles. The number of carboxylic acid groups (broad SMARTS) is 1. The summed E-state index contributed by atoms with van der Waals surface area (Å²) >= 11 is 1.14. The Balaban J connectivity index is 2.19. The second kappa shape index (κ2) is 11.3. The lowest BCUT2D eigenvalue weighted by atomic mass is 10.2. The van der Waals surface area contributed by atoms with Crippen LogP contribution in [0, 0.1) is 12.8 Å². The molecule has 0 spiro atoms. The van der Waals surface area contributed by atoms with Crippen LogP contribution in [0.5, 0.6) is 0 Å². The molecule has 9 nitrogen and oxygen atoms in total. The minimum Gasteiger partial charge on any atom is -0.481 e. The zero-order valence-corrected chi connectivity index (χ0v) is 18.5. The highest BCUT2D eigenvalue weighted by Gasteiger charge is 2.23. The van der Waals surface area contributed by atoms with E-state index in [9.17, 15) is 18.8 Å². The van der Waals surface area contributed by atoms with E-state index in [0.29, 0.717) is 49.5 Å². The van der Waals surface area contributed by atoms with Gasteiger partial charge in [0.05, 0.1) is 12.1 Å². The predicted octanol–water partition coefficient (Wildman–Crippen LogP) is 1.56. The summed E-state index contributed by atoms with van der Waals surface area (Å²) in [5.74, 6) is -0.203. The number of likely N-dealkylation sites (tertiary alicyclic amines) is 1. The molecule has 1 aromatic rings. The molecule has 1 atom stereocenters. The second-order valence-electron chi connectivity index (χ2n) is 7.78. The summed E-state index contributed by atoms with van der Waals surface area (Å²) in [4.78, 5) is 39.0. The zero-order valence-electron chi connectivity index (χ0n) is 17.6. The Labute approximate surface area is 179 Å². The van der Waals surface area contributed by atoms with Crippen molar-refractivity contribution in [2.75, 3.05) is 36.3 Å². The Kier molecular flexibility index (Phi) is 9.09. The van der Waals surface area contributed by atoms with Gasteiger partial charge in [0.25, 0.3) is 5.56 Å². The fraction of sp³-hybridized carbons (Fsp3) is 0.684. The van der Waals surface area contributed by atoms with Gasteiger partial charge in [-0.05, 0) is 36.8 Å². The smallest absolute Gasteiger partial charge is 0.348 e. The maximum absolute atomic E-state index is 13.4. The summed E-state index contributed by atoms with van der Waals surface area (Å²) in [5, 5.41) is 15.7. The summed E-state index contributed by atoms with van der Waals surface area (Å²) in [6.45, 7) is 7.42. The third-order valence-electron chi connectivity index (χ3n) is 4.58. The van der Waals surface area contributed by atoms with Gasteiger partial charge in [-0.3, -0.25) is 14.5 Å². The van der Waals surface area contributed by atoms with E-state index >= 15 is 0 Å². The molecule has 2 heterocycles. The first-order chi connectivity index (χ1) is 14.2. The predicted molar refractivity (Wildman–Crippen MR) is 114 cm³/mol. The Hall–Kier alpha value is -2.14. The highest BCUT2D eigenvalue weighted by molar-refractivity contribution is 8.00. The highest BCUT2D eigenvalue weighted by Crippen LogP contribution is 2.15. The van der Waals surface area contributed by atoms with Crippen molar-refractivity contribution in [3.05, 3.63) is 27.7 Å². The molecule has 30 heavy (non-hydrogen) atoms. The molecule has 1 unspecified atom stereocenters. The van der Waals surface area contributed by atoms with Crippen molar-refractivity contribution in [3.63, 3.8) is 0 Å². The van der Waals surface area contributed by atoms with Crippen LogP contribution in [0.2, 0.25) is 0 Å². The summed E-state index contributed by atoms with van der Waals surface area (Å²) in [7, 11) is 0. The van der Waals surface area contributed by atoms with Crippen LogP contribution in [0.15, 0.2) is 10.9 Å². The van der Waals surface area contributed by atoms with Crippen molar-refractivity contribution in [3.8, 4) is 0 Å². The van der Waals surface area contributed by atoms with Crippen molar-refractivity contribution in [1.29, 1.82) is 0 Å². The lowest BCUT2D eigenvalue weighted by molar-refractivity contribution is -0.136. The molecule has 0 aliphatic carbocycles. The van der Waals surface area contributed by atoms with E-state index in [4.69, 9.17) is 5.11 Å². The number of amides is 2. The van der Waals surface area contributed by atoms with Crippen molar-refractivity contribution in [2.24, 2.45) is 5.92 Å². The van der Waals surface area contributed by atoms with Gasteiger partial charge in [-0.2, -0.15) is 9.51 Å². The zero-order chi connectivity index (χ0) is 22.3. The van der Waals surface area contributed by atoms with Crippen LogP contribution in [0.1, 0.15) is 37.9 Å². The summed E-state index contributed by atoms with van der Waals surface area (Å²) in [6, 6.07) is 0.823. The maximum Gasteiger partial charge on any atom is 0.348 e. The first-order valence-corrected chi connectivity index (χ1v) is 11.0. The quantitative estimate of drug-likeness (QED) is 0.529. The average molecular weight is 444 g/mol. The molecule has 2 rings (SSSR count). The number of aliphatic carboxylic acids is 1. The Morgan fingerprint density at radius 2 is 2.20 bits per heavy atom. The van der Waals surface area contributed by atoms with Gasteiger partial charge in [0.15, 0.2) is 0 Å². The Morgan fingerprint density at radius 3 is 2.80 bits per heavy atom. The molecule has 1 aromatic heterocycles. The van der Waals surface area contributed by atoms with Crippen LogP contribution in [0.25, 0.3) is 0 Å². The minimum absolute atomic E-state index is 0.0558. The van der Waals surface area contributed by atoms with Gasteiger partial charge in [-0.15, -0.1) is 4.79 Å². The van der Waals surface area contributed by atoms with Crippen LogP contribution < -0.4 is 15.3 Å². The molecule has 0 radical (unpaired) electrons. The summed E-state index contributed by atoms with van der Waals surface area (Å²) in [5.41, 5.74) is 0.920. The van der Waals surface area contributed by atoms with Gasteiger partial charge in [-0.25, -0.2) is 9.18 Å². The van der Waals surface area contributed by atoms with E-state index in [0.717, 1.165) is 21.2 Å². The molecular formula is C19H30FN5O4S. The van der Waals surface area contributed by atoms with Crippen molar-refractivity contribution in [2.45, 2.75) is 46.2 Å². The molecule has 2 N–H and O–H groups in total. The number of urea groups is 1. The van der Waals surface area contributed by atoms with Gasteiger partial charge < -0.3 is 10.4 Å². The largest absolute Gasteiger partial charge is 0.481 e. The van der Waals surface area contributed by atoms with Crippen LogP contribution in [-0.2, 0) is 11.2 Å². The van der Waals surface area contributed by atoms with Gasteiger partial charge in [0.2, 0.25) is 0 Å². The van der Waals surface area contributed by atoms with E-state index < -0.39 is 23.7 Å². The number of carbonyl (C=O) groups excluding carboxylic acids is 1. The number of carbonyl (C=O) groups is 2. The SMILES string of the molecule is Cc1cc(=O)n(N(SCC(C)C)C(=O)NCCC(=O)O)nc1CCN1CCC(F)C1. The van der Waals surface area contributed by atoms with E-state index in [-0.39, 0.29) is 18.9 Å². The van der Waals surface area contributed by atoms with Gasteiger partial charge in [-0.1, -0.05) is 13.8 Å². The topological polar surface area (TPSA) is 108 Å². The number of aryl methyl sites for hydroxylation is 1. The van der Waals surface area contributed by atoms with E-state index in [2.05, 4.69) is 10.4 Å². The molecule has 2 amide bonds. The normalized spacial score (nSPS) is 16.8. The number of nitrogens with one attached hydrogen (secondary N) is 1. The summed E-state index contributed by atoms with van der Waals surface area (Å²) < 4.78 is 14.5. The number of hydrogen-bond acceptors (Lipinski definition) is 6. The van der Waals surface area contributed by atoms with E-state index in [1.165, 1.54) is 6.07 Å². The van der Waals surface area contributed by atoms with E-state index in [1.54, 1.807) is 6.92 Å². The molecule has 0 saturated carbocycles. The highest BCUT2D eigenvalue weighted by atomic mass is 32.2. The fourth-order valence-electron chi connectivity index (χ4n) is 2.96. The first-order valence-electron chi connectivity index (χ1n) is 10.1. The molecule has 11 heteroatoms. The van der Waals surface area contributed by atoms with Crippen molar-refractivity contribution >= 4 is 23.9 Å². The number of halogens is 1. The summed E-state index contributed by atoms with van der Waals surface area (Å²) in [6.07, 6.45) is 0.0383. The number of hydrogen-bond donors (Lipinski definition) is 2. The van der Waals surface area contributed by atoms with Crippen LogP contribution >= 0.6 is 11.9 Å². The number of nitrogens with zero attached hydrogens (tertiary/aromatic N) is 4. The van der Waals surface area contributed by atoms with Gasteiger partial charge in [0, 0.05) is 44.4 Å². The maximum atomic E-state index is 13.4. The minimum atomic E-state index is -1.03. The van der Waals surface area contributed by atoms with Crippen molar-refractivity contribution in [1.82, 2.24) is 20.1 Å². The van der Waals surface area contributed by atoms with Crippen LogP contribution in [0.3, 0.4) is 0 Å². The fourth-order valence-corrected chi connectivity index (χ4v) is 3.81. The van der Waals surface area contributed by atoms with Gasteiger partial charge >= 0.3 is 12.0 Å². The molecule has 1 fully saturated rings. The molecular weight excluding hydrogens is 413 g/mol.